The van der Waals surface area contributed by atoms with E-state index in [9.17, 15) is 10.2 Å². The van der Waals surface area contributed by atoms with Crippen LogP contribution in [0.5, 0.6) is 0 Å². The highest BCUT2D eigenvalue weighted by Gasteiger charge is 2.11. The van der Waals surface area contributed by atoms with E-state index >= 15 is 0 Å². The maximum absolute atomic E-state index is 9.48. The van der Waals surface area contributed by atoms with Crippen LogP contribution in [-0.4, -0.2) is 21.9 Å². The van der Waals surface area contributed by atoms with Crippen molar-refractivity contribution in [2.45, 2.75) is 58.7 Å². The third-order valence-corrected chi connectivity index (χ3v) is 4.09. The SMILES string of the molecule is CC(C)(O)CCc1ccccc1.CC(O)C(C)Cc1ccccc1. The lowest BCUT2D eigenvalue weighted by atomic mass is 9.97. The molecule has 0 aliphatic heterocycles. The number of benzene rings is 2. The van der Waals surface area contributed by atoms with Crippen LogP contribution in [0.25, 0.3) is 0 Å². The van der Waals surface area contributed by atoms with Crippen molar-refractivity contribution in [1.82, 2.24) is 0 Å². The fraction of sp³-hybridized carbons (Fsp3) is 0.455. The molecular formula is C22H32O2. The zero-order valence-electron chi connectivity index (χ0n) is 15.4. The van der Waals surface area contributed by atoms with Gasteiger partial charge in [0.15, 0.2) is 0 Å². The van der Waals surface area contributed by atoms with Crippen molar-refractivity contribution in [3.05, 3.63) is 71.8 Å². The topological polar surface area (TPSA) is 40.5 Å². The van der Waals surface area contributed by atoms with Crippen molar-refractivity contribution < 1.29 is 10.2 Å². The summed E-state index contributed by atoms with van der Waals surface area (Å²) in [6, 6.07) is 20.5. The Labute approximate surface area is 147 Å². The third-order valence-electron chi connectivity index (χ3n) is 4.09. The summed E-state index contributed by atoms with van der Waals surface area (Å²) in [6.07, 6.45) is 2.50. The van der Waals surface area contributed by atoms with Gasteiger partial charge in [0.25, 0.3) is 0 Å². The van der Waals surface area contributed by atoms with E-state index in [2.05, 4.69) is 31.2 Å². The first kappa shape index (κ1) is 20.4. The molecule has 0 heterocycles. The van der Waals surface area contributed by atoms with Gasteiger partial charge in [0.2, 0.25) is 0 Å². The Balaban J connectivity index is 0.000000240. The predicted octanol–water partition coefficient (Wildman–Crippen LogP) is 4.64. The fourth-order valence-electron chi connectivity index (χ4n) is 2.25. The van der Waals surface area contributed by atoms with Gasteiger partial charge in [-0.2, -0.15) is 0 Å². The Morgan fingerprint density at radius 3 is 1.71 bits per heavy atom. The summed E-state index contributed by atoms with van der Waals surface area (Å²) in [5.74, 6) is 0.340. The highest BCUT2D eigenvalue weighted by Crippen LogP contribution is 2.12. The lowest BCUT2D eigenvalue weighted by Gasteiger charge is -2.16. The first-order chi connectivity index (χ1) is 11.3. The summed E-state index contributed by atoms with van der Waals surface area (Å²) in [5, 5.41) is 18.8. The van der Waals surface area contributed by atoms with Gasteiger partial charge in [-0.25, -0.2) is 0 Å². The molecule has 0 amide bonds. The standard InChI is InChI=1S/2C11H16O/c1-11(2,12)9-8-10-6-4-3-5-7-10;1-9(10(2)12)8-11-6-4-3-5-7-11/h3-7,12H,8-9H2,1-2H3;3-7,9-10,12H,8H2,1-2H3. The number of hydrogen-bond donors (Lipinski definition) is 2. The van der Waals surface area contributed by atoms with E-state index in [1.807, 2.05) is 57.2 Å². The Hall–Kier alpha value is -1.64. The van der Waals surface area contributed by atoms with Crippen LogP contribution in [-0.2, 0) is 12.8 Å². The molecule has 2 atom stereocenters. The van der Waals surface area contributed by atoms with Crippen LogP contribution < -0.4 is 0 Å². The number of rotatable bonds is 6. The second kappa shape index (κ2) is 10.3. The third kappa shape index (κ3) is 9.49. The Morgan fingerprint density at radius 2 is 1.29 bits per heavy atom. The molecule has 0 bridgehead atoms. The summed E-state index contributed by atoms with van der Waals surface area (Å²) < 4.78 is 0. The van der Waals surface area contributed by atoms with E-state index in [0.717, 1.165) is 19.3 Å². The molecule has 0 aliphatic rings. The van der Waals surface area contributed by atoms with Gasteiger partial charge in [-0.05, 0) is 57.1 Å². The average molecular weight is 328 g/mol. The molecule has 24 heavy (non-hydrogen) atoms. The van der Waals surface area contributed by atoms with Crippen LogP contribution in [0.15, 0.2) is 60.7 Å². The molecule has 2 aromatic rings. The second-order valence-electron chi connectivity index (χ2n) is 7.21. The van der Waals surface area contributed by atoms with Crippen molar-refractivity contribution in [2.24, 2.45) is 5.92 Å². The van der Waals surface area contributed by atoms with Crippen molar-refractivity contribution in [1.29, 1.82) is 0 Å². The summed E-state index contributed by atoms with van der Waals surface area (Å²) >= 11 is 0. The maximum atomic E-state index is 9.48. The van der Waals surface area contributed by atoms with E-state index in [-0.39, 0.29) is 6.10 Å². The molecular weight excluding hydrogens is 296 g/mol. The molecule has 2 aromatic carbocycles. The highest BCUT2D eigenvalue weighted by atomic mass is 16.3. The highest BCUT2D eigenvalue weighted by molar-refractivity contribution is 5.15. The first-order valence-corrected chi connectivity index (χ1v) is 8.76. The van der Waals surface area contributed by atoms with Gasteiger partial charge < -0.3 is 10.2 Å². The van der Waals surface area contributed by atoms with Gasteiger partial charge in [0.1, 0.15) is 0 Å². The van der Waals surface area contributed by atoms with E-state index < -0.39 is 5.60 Å². The van der Waals surface area contributed by atoms with E-state index in [1.54, 1.807) is 0 Å². The Bertz CT molecular complexity index is 541. The minimum absolute atomic E-state index is 0.217. The largest absolute Gasteiger partial charge is 0.393 e. The first-order valence-electron chi connectivity index (χ1n) is 8.76. The van der Waals surface area contributed by atoms with Crippen LogP contribution >= 0.6 is 0 Å². The van der Waals surface area contributed by atoms with Crippen LogP contribution in [0, 0.1) is 5.92 Å². The number of hydrogen-bond acceptors (Lipinski definition) is 2. The normalized spacial score (nSPS) is 13.6. The molecule has 0 fully saturated rings. The number of aryl methyl sites for hydroxylation is 1. The monoisotopic (exact) mass is 328 g/mol. The molecule has 0 spiro atoms. The molecule has 0 aromatic heterocycles. The Kier molecular flexibility index (Phi) is 8.73. The maximum Gasteiger partial charge on any atom is 0.0594 e. The molecule has 0 saturated heterocycles. The quantitative estimate of drug-likeness (QED) is 0.811. The van der Waals surface area contributed by atoms with Gasteiger partial charge in [0.05, 0.1) is 11.7 Å². The van der Waals surface area contributed by atoms with Crippen LogP contribution in [0.2, 0.25) is 0 Å². The molecule has 2 N–H and O–H groups in total. The van der Waals surface area contributed by atoms with Crippen LogP contribution in [0.1, 0.15) is 45.2 Å². The van der Waals surface area contributed by atoms with Gasteiger partial charge >= 0.3 is 0 Å². The molecule has 0 saturated carbocycles. The molecule has 0 radical (unpaired) electrons. The zero-order chi connectivity index (χ0) is 18.0. The zero-order valence-corrected chi connectivity index (χ0v) is 15.4. The second-order valence-corrected chi connectivity index (χ2v) is 7.21. The number of aliphatic hydroxyl groups is 2. The predicted molar refractivity (Wildman–Crippen MR) is 102 cm³/mol. The minimum Gasteiger partial charge on any atom is -0.393 e. The summed E-state index contributed by atoms with van der Waals surface area (Å²) in [7, 11) is 0. The molecule has 2 heteroatoms. The van der Waals surface area contributed by atoms with Crippen LogP contribution in [0.4, 0.5) is 0 Å². The molecule has 2 nitrogen and oxygen atoms in total. The van der Waals surface area contributed by atoms with E-state index in [4.69, 9.17) is 0 Å². The lowest BCUT2D eigenvalue weighted by Crippen LogP contribution is -2.19. The Morgan fingerprint density at radius 1 is 0.833 bits per heavy atom. The summed E-state index contributed by atoms with van der Waals surface area (Å²) in [5.41, 5.74) is 2.04. The van der Waals surface area contributed by atoms with Gasteiger partial charge in [-0.3, -0.25) is 0 Å². The minimum atomic E-state index is -0.546. The van der Waals surface area contributed by atoms with Crippen molar-refractivity contribution in [3.63, 3.8) is 0 Å². The fourth-order valence-corrected chi connectivity index (χ4v) is 2.25. The summed E-state index contributed by atoms with van der Waals surface area (Å²) in [4.78, 5) is 0. The van der Waals surface area contributed by atoms with E-state index in [0.29, 0.717) is 5.92 Å². The lowest BCUT2D eigenvalue weighted by molar-refractivity contribution is 0.0714. The molecule has 2 unspecified atom stereocenters. The van der Waals surface area contributed by atoms with Gasteiger partial charge in [-0.1, -0.05) is 67.6 Å². The van der Waals surface area contributed by atoms with Crippen molar-refractivity contribution in [3.8, 4) is 0 Å². The number of aliphatic hydroxyl groups excluding tert-OH is 1. The average Bonchev–Trinajstić information content (AvgIpc) is 2.55. The van der Waals surface area contributed by atoms with Crippen LogP contribution in [0.3, 0.4) is 0 Å². The van der Waals surface area contributed by atoms with Crippen molar-refractivity contribution in [2.75, 3.05) is 0 Å². The molecule has 132 valence electrons. The van der Waals surface area contributed by atoms with E-state index in [1.165, 1.54) is 11.1 Å². The van der Waals surface area contributed by atoms with Gasteiger partial charge in [-0.15, -0.1) is 0 Å². The summed E-state index contributed by atoms with van der Waals surface area (Å²) in [6.45, 7) is 7.59. The molecule has 0 aliphatic carbocycles. The molecule has 2 rings (SSSR count). The van der Waals surface area contributed by atoms with Crippen molar-refractivity contribution >= 4 is 0 Å². The smallest absolute Gasteiger partial charge is 0.0594 e. The van der Waals surface area contributed by atoms with Gasteiger partial charge in [0, 0.05) is 0 Å².